The molecule has 1 aromatic carbocycles. The first kappa shape index (κ1) is 13.7. The molecule has 1 aromatic heterocycles. The van der Waals surface area contributed by atoms with Crippen molar-refractivity contribution in [1.82, 2.24) is 9.97 Å². The Morgan fingerprint density at radius 1 is 1.47 bits per heavy atom. The first-order valence-corrected chi connectivity index (χ1v) is 6.26. The van der Waals surface area contributed by atoms with Gasteiger partial charge in [-0.25, -0.2) is 4.98 Å². The maximum Gasteiger partial charge on any atom is 0.287 e. The highest BCUT2D eigenvalue weighted by Crippen LogP contribution is 2.36. The third-order valence-electron chi connectivity index (χ3n) is 2.24. The van der Waals surface area contributed by atoms with Gasteiger partial charge in [0.05, 0.1) is 4.92 Å². The quantitative estimate of drug-likeness (QED) is 0.479. The number of hydrogen-bond donors (Lipinski definition) is 0. The maximum absolute atomic E-state index is 10.8. The largest absolute Gasteiger partial charge is 0.437 e. The van der Waals surface area contributed by atoms with Crippen molar-refractivity contribution in [2.75, 3.05) is 0 Å². The van der Waals surface area contributed by atoms with Gasteiger partial charge in [0.2, 0.25) is 11.2 Å². The number of halogens is 2. The second-order valence-corrected chi connectivity index (χ2v) is 4.71. The van der Waals surface area contributed by atoms with Crippen molar-refractivity contribution in [2.45, 2.75) is 6.92 Å². The summed E-state index contributed by atoms with van der Waals surface area (Å²) >= 11 is 8.82. The van der Waals surface area contributed by atoms with Crippen LogP contribution in [0.2, 0.25) is 5.28 Å². The lowest BCUT2D eigenvalue weighted by atomic mass is 10.3. The first-order chi connectivity index (χ1) is 8.99. The third-order valence-corrected chi connectivity index (χ3v) is 3.22. The molecule has 1 heterocycles. The smallest absolute Gasteiger partial charge is 0.287 e. The third kappa shape index (κ3) is 2.99. The zero-order valence-corrected chi connectivity index (χ0v) is 12.0. The molecule has 0 aliphatic heterocycles. The molecule has 0 atom stereocenters. The van der Waals surface area contributed by atoms with Crippen molar-refractivity contribution < 1.29 is 9.66 Å². The molecule has 2 aromatic rings. The molecule has 0 N–H and O–H groups in total. The lowest BCUT2D eigenvalue weighted by molar-refractivity contribution is -0.385. The number of ether oxygens (including phenoxy) is 1. The molecule has 0 saturated carbocycles. The summed E-state index contributed by atoms with van der Waals surface area (Å²) in [6, 6.07) is 4.49. The molecule has 2 rings (SSSR count). The fourth-order valence-electron chi connectivity index (χ4n) is 1.33. The Morgan fingerprint density at radius 3 is 2.89 bits per heavy atom. The Morgan fingerprint density at radius 2 is 2.21 bits per heavy atom. The van der Waals surface area contributed by atoms with Crippen molar-refractivity contribution in [2.24, 2.45) is 0 Å². The molecular formula is C11H7BrClN3O3. The topological polar surface area (TPSA) is 78.2 Å². The lowest BCUT2D eigenvalue weighted by Crippen LogP contribution is -1.96. The Hall–Kier alpha value is -1.73. The van der Waals surface area contributed by atoms with E-state index < -0.39 is 4.92 Å². The average molecular weight is 345 g/mol. The first-order valence-electron chi connectivity index (χ1n) is 5.09. The Kier molecular flexibility index (Phi) is 3.96. The van der Waals surface area contributed by atoms with Gasteiger partial charge in [0.25, 0.3) is 5.69 Å². The van der Waals surface area contributed by atoms with E-state index in [9.17, 15) is 10.1 Å². The molecule has 0 fully saturated rings. The zero-order valence-electron chi connectivity index (χ0n) is 9.63. The maximum atomic E-state index is 10.8. The normalized spacial score (nSPS) is 10.3. The van der Waals surface area contributed by atoms with Crippen LogP contribution < -0.4 is 4.74 Å². The number of hydrogen-bond acceptors (Lipinski definition) is 5. The number of nitro benzene ring substituents is 1. The number of nitro groups is 1. The Bertz CT molecular complexity index is 651. The van der Waals surface area contributed by atoms with Gasteiger partial charge in [-0.05, 0) is 40.5 Å². The van der Waals surface area contributed by atoms with Crippen molar-refractivity contribution >= 4 is 33.2 Å². The molecule has 0 aliphatic rings. The van der Waals surface area contributed by atoms with E-state index in [1.807, 2.05) is 0 Å². The van der Waals surface area contributed by atoms with Crippen LogP contribution >= 0.6 is 27.5 Å². The number of aryl methyl sites for hydroxylation is 1. The van der Waals surface area contributed by atoms with Gasteiger partial charge in [0.15, 0.2) is 5.75 Å². The lowest BCUT2D eigenvalue weighted by Gasteiger charge is -2.08. The number of rotatable bonds is 3. The summed E-state index contributed by atoms with van der Waals surface area (Å²) in [5, 5.41) is 10.9. The summed E-state index contributed by atoms with van der Waals surface area (Å²) in [4.78, 5) is 18.0. The average Bonchev–Trinajstić information content (AvgIpc) is 2.36. The molecule has 0 spiro atoms. The molecule has 0 unspecified atom stereocenters. The van der Waals surface area contributed by atoms with Crippen molar-refractivity contribution in [3.8, 4) is 11.6 Å². The highest BCUT2D eigenvalue weighted by Gasteiger charge is 2.17. The van der Waals surface area contributed by atoms with E-state index in [1.165, 1.54) is 18.3 Å². The summed E-state index contributed by atoms with van der Waals surface area (Å²) in [6.07, 6.45) is 1.51. The Balaban J connectivity index is 2.41. The zero-order chi connectivity index (χ0) is 14.0. The van der Waals surface area contributed by atoms with Crippen molar-refractivity contribution in [3.05, 3.63) is 49.8 Å². The second-order valence-electron chi connectivity index (χ2n) is 3.58. The molecular weight excluding hydrogens is 337 g/mol. The van der Waals surface area contributed by atoms with Gasteiger partial charge in [0.1, 0.15) is 4.47 Å². The number of aromatic nitrogens is 2. The summed E-state index contributed by atoms with van der Waals surface area (Å²) in [6.45, 7) is 1.75. The van der Waals surface area contributed by atoms with Gasteiger partial charge in [-0.2, -0.15) is 4.98 Å². The highest BCUT2D eigenvalue weighted by molar-refractivity contribution is 9.10. The van der Waals surface area contributed by atoms with E-state index in [0.29, 0.717) is 5.56 Å². The van der Waals surface area contributed by atoms with E-state index in [4.69, 9.17) is 16.3 Å². The van der Waals surface area contributed by atoms with Gasteiger partial charge >= 0.3 is 0 Å². The molecule has 0 saturated heterocycles. The second kappa shape index (κ2) is 5.50. The molecule has 98 valence electrons. The SMILES string of the molecule is Cc1cnc(Cl)nc1Oc1cccc([N+](=O)[O-])c1Br. The molecule has 0 radical (unpaired) electrons. The van der Waals surface area contributed by atoms with E-state index in [2.05, 4.69) is 25.9 Å². The minimum atomic E-state index is -0.503. The molecule has 19 heavy (non-hydrogen) atoms. The predicted molar refractivity (Wildman–Crippen MR) is 72.6 cm³/mol. The van der Waals surface area contributed by atoms with Gasteiger partial charge in [-0.1, -0.05) is 6.07 Å². The van der Waals surface area contributed by atoms with Crippen LogP contribution in [0.4, 0.5) is 5.69 Å². The van der Waals surface area contributed by atoms with Crippen molar-refractivity contribution in [1.29, 1.82) is 0 Å². The van der Waals surface area contributed by atoms with Crippen LogP contribution in [0.25, 0.3) is 0 Å². The van der Waals surface area contributed by atoms with Crippen LogP contribution in [0.5, 0.6) is 11.6 Å². The van der Waals surface area contributed by atoms with E-state index >= 15 is 0 Å². The van der Waals surface area contributed by atoms with Crippen molar-refractivity contribution in [3.63, 3.8) is 0 Å². The Labute approximate surface area is 121 Å². The van der Waals surface area contributed by atoms with Crippen LogP contribution in [0.1, 0.15) is 5.56 Å². The monoisotopic (exact) mass is 343 g/mol. The summed E-state index contributed by atoms with van der Waals surface area (Å²) in [7, 11) is 0. The minimum absolute atomic E-state index is 0.0437. The van der Waals surface area contributed by atoms with Gasteiger partial charge < -0.3 is 4.74 Å². The van der Waals surface area contributed by atoms with Crippen LogP contribution in [-0.4, -0.2) is 14.9 Å². The molecule has 0 bridgehead atoms. The number of benzene rings is 1. The van der Waals surface area contributed by atoms with Gasteiger partial charge in [0, 0.05) is 17.8 Å². The van der Waals surface area contributed by atoms with Gasteiger partial charge in [-0.15, -0.1) is 0 Å². The fraction of sp³-hybridized carbons (Fsp3) is 0.0909. The highest BCUT2D eigenvalue weighted by atomic mass is 79.9. The van der Waals surface area contributed by atoms with E-state index in [0.717, 1.165) is 0 Å². The summed E-state index contributed by atoms with van der Waals surface area (Å²) in [5.74, 6) is 0.535. The van der Waals surface area contributed by atoms with E-state index in [1.54, 1.807) is 13.0 Å². The van der Waals surface area contributed by atoms with Crippen LogP contribution in [0.3, 0.4) is 0 Å². The van der Waals surface area contributed by atoms with Crippen LogP contribution in [-0.2, 0) is 0 Å². The number of nitrogens with zero attached hydrogens (tertiary/aromatic N) is 3. The molecule has 8 heteroatoms. The van der Waals surface area contributed by atoms with Crippen LogP contribution in [0.15, 0.2) is 28.9 Å². The molecule has 0 amide bonds. The molecule has 6 nitrogen and oxygen atoms in total. The minimum Gasteiger partial charge on any atom is -0.437 e. The van der Waals surface area contributed by atoms with Gasteiger partial charge in [-0.3, -0.25) is 10.1 Å². The standard InChI is InChI=1S/C11H7BrClN3O3/c1-6-5-14-11(13)15-10(6)19-8-4-2-3-7(9(8)12)16(17)18/h2-5H,1H3. The van der Waals surface area contributed by atoms with E-state index in [-0.39, 0.29) is 27.1 Å². The summed E-state index contributed by atoms with van der Waals surface area (Å²) in [5.41, 5.74) is 0.582. The fourth-order valence-corrected chi connectivity index (χ4v) is 1.95. The predicted octanol–water partition coefficient (Wildman–Crippen LogP) is 3.90. The van der Waals surface area contributed by atoms with Crippen LogP contribution in [0, 0.1) is 17.0 Å². The summed E-state index contributed by atoms with van der Waals surface area (Å²) < 4.78 is 5.77. The molecule has 0 aliphatic carbocycles.